The molecule has 6 nitrogen and oxygen atoms in total. The molecule has 0 saturated carbocycles. The molecule has 1 aliphatic heterocycles. The molecule has 22 heavy (non-hydrogen) atoms. The summed E-state index contributed by atoms with van der Waals surface area (Å²) in [6, 6.07) is 9.57. The zero-order valence-corrected chi connectivity index (χ0v) is 12.9. The summed E-state index contributed by atoms with van der Waals surface area (Å²) in [5.41, 5.74) is 0.872. The number of methoxy groups -OCH3 is 1. The van der Waals surface area contributed by atoms with Gasteiger partial charge in [0.25, 0.3) is 5.91 Å². The molecule has 0 unspecified atom stereocenters. The maximum atomic E-state index is 12.8. The van der Waals surface area contributed by atoms with Gasteiger partial charge < -0.3 is 14.2 Å². The third-order valence-electron chi connectivity index (χ3n) is 4.02. The number of benzene rings is 1. The van der Waals surface area contributed by atoms with Gasteiger partial charge in [0.15, 0.2) is 11.9 Å². The molecule has 1 aliphatic rings. The monoisotopic (exact) mass is 300 g/mol. The second-order valence-corrected chi connectivity index (χ2v) is 5.32. The van der Waals surface area contributed by atoms with E-state index in [2.05, 4.69) is 21.7 Å². The van der Waals surface area contributed by atoms with Crippen molar-refractivity contribution in [1.82, 2.24) is 19.7 Å². The van der Waals surface area contributed by atoms with Gasteiger partial charge >= 0.3 is 0 Å². The van der Waals surface area contributed by atoms with Gasteiger partial charge in [-0.1, -0.05) is 37.3 Å². The molecule has 0 spiro atoms. The van der Waals surface area contributed by atoms with Gasteiger partial charge in [0.1, 0.15) is 5.82 Å². The lowest BCUT2D eigenvalue weighted by Crippen LogP contribution is -2.41. The van der Waals surface area contributed by atoms with Crippen LogP contribution in [0, 0.1) is 0 Å². The Hall–Kier alpha value is -2.21. The van der Waals surface area contributed by atoms with E-state index in [0.717, 1.165) is 30.2 Å². The quantitative estimate of drug-likeness (QED) is 0.860. The summed E-state index contributed by atoms with van der Waals surface area (Å²) in [4.78, 5) is 14.6. The highest BCUT2D eigenvalue weighted by molar-refractivity contribution is 5.82. The smallest absolute Gasteiger partial charge is 0.256 e. The van der Waals surface area contributed by atoms with Gasteiger partial charge in [0.05, 0.1) is 6.54 Å². The van der Waals surface area contributed by atoms with Crippen molar-refractivity contribution in [3.8, 4) is 0 Å². The summed E-state index contributed by atoms with van der Waals surface area (Å²) in [6.45, 7) is 3.94. The Balaban J connectivity index is 1.78. The van der Waals surface area contributed by atoms with E-state index >= 15 is 0 Å². The highest BCUT2D eigenvalue weighted by Gasteiger charge is 2.29. The zero-order valence-electron chi connectivity index (χ0n) is 12.9. The van der Waals surface area contributed by atoms with Crippen molar-refractivity contribution in [2.24, 2.45) is 0 Å². The summed E-state index contributed by atoms with van der Waals surface area (Å²) in [5.74, 6) is 1.80. The van der Waals surface area contributed by atoms with E-state index in [1.165, 1.54) is 0 Å². The average Bonchev–Trinajstić information content (AvgIpc) is 2.98. The van der Waals surface area contributed by atoms with Crippen LogP contribution in [0.2, 0.25) is 0 Å². The van der Waals surface area contributed by atoms with Crippen LogP contribution in [-0.2, 0) is 29.0 Å². The van der Waals surface area contributed by atoms with E-state index in [9.17, 15) is 4.79 Å². The number of carbonyl (C=O) groups is 1. The molecule has 0 saturated heterocycles. The Kier molecular flexibility index (Phi) is 4.20. The number of rotatable bonds is 4. The third-order valence-corrected chi connectivity index (χ3v) is 4.02. The normalized spacial score (nSPS) is 15.5. The number of ether oxygens (including phenoxy) is 1. The first kappa shape index (κ1) is 14.7. The first-order valence-electron chi connectivity index (χ1n) is 7.52. The standard InChI is InChI=1S/C16H20N4O2/c1-3-13-17-18-14-11-19(9-10-20(13)14)16(21)15(22-2)12-7-5-4-6-8-12/h4-8,15H,3,9-11H2,1-2H3/t15-/m1/s1. The average molecular weight is 300 g/mol. The predicted molar refractivity (Wildman–Crippen MR) is 81.0 cm³/mol. The molecule has 1 atom stereocenters. The van der Waals surface area contributed by atoms with Gasteiger partial charge in [-0.05, 0) is 5.56 Å². The van der Waals surface area contributed by atoms with E-state index in [0.29, 0.717) is 13.1 Å². The van der Waals surface area contributed by atoms with Crippen LogP contribution in [0.3, 0.4) is 0 Å². The van der Waals surface area contributed by atoms with Gasteiger partial charge in [0, 0.05) is 26.6 Å². The number of nitrogens with zero attached hydrogens (tertiary/aromatic N) is 4. The van der Waals surface area contributed by atoms with Gasteiger partial charge in [-0.25, -0.2) is 0 Å². The Morgan fingerprint density at radius 1 is 1.27 bits per heavy atom. The lowest BCUT2D eigenvalue weighted by Gasteiger charge is -2.30. The first-order valence-corrected chi connectivity index (χ1v) is 7.52. The molecule has 0 fully saturated rings. The Morgan fingerprint density at radius 2 is 2.05 bits per heavy atom. The minimum atomic E-state index is -0.568. The van der Waals surface area contributed by atoms with Crippen LogP contribution in [0.5, 0.6) is 0 Å². The SMILES string of the molecule is CCc1nnc2n1CCN(C(=O)[C@H](OC)c1ccccc1)C2. The van der Waals surface area contributed by atoms with Gasteiger partial charge in [-0.2, -0.15) is 0 Å². The van der Waals surface area contributed by atoms with Crippen molar-refractivity contribution in [3.63, 3.8) is 0 Å². The van der Waals surface area contributed by atoms with E-state index in [1.54, 1.807) is 12.0 Å². The molecule has 1 aromatic carbocycles. The van der Waals surface area contributed by atoms with E-state index < -0.39 is 6.10 Å². The molecule has 1 aromatic heterocycles. The fraction of sp³-hybridized carbons (Fsp3) is 0.438. The van der Waals surface area contributed by atoms with Crippen LogP contribution in [0.25, 0.3) is 0 Å². The second-order valence-electron chi connectivity index (χ2n) is 5.32. The molecule has 1 amide bonds. The van der Waals surface area contributed by atoms with Crippen molar-refractivity contribution >= 4 is 5.91 Å². The Morgan fingerprint density at radius 3 is 2.73 bits per heavy atom. The highest BCUT2D eigenvalue weighted by Crippen LogP contribution is 2.22. The summed E-state index contributed by atoms with van der Waals surface area (Å²) in [5, 5.41) is 8.37. The molecule has 0 bridgehead atoms. The lowest BCUT2D eigenvalue weighted by atomic mass is 10.1. The van der Waals surface area contributed by atoms with E-state index in [-0.39, 0.29) is 5.91 Å². The Labute approximate surface area is 129 Å². The summed E-state index contributed by atoms with van der Waals surface area (Å²) in [7, 11) is 1.57. The minimum absolute atomic E-state index is 0.0269. The first-order chi connectivity index (χ1) is 10.7. The fourth-order valence-corrected chi connectivity index (χ4v) is 2.84. The molecule has 6 heteroatoms. The minimum Gasteiger partial charge on any atom is -0.367 e. The predicted octanol–water partition coefficient (Wildman–Crippen LogP) is 1.57. The summed E-state index contributed by atoms with van der Waals surface area (Å²) < 4.78 is 7.54. The molecule has 0 radical (unpaired) electrons. The highest BCUT2D eigenvalue weighted by atomic mass is 16.5. The number of amides is 1. The van der Waals surface area contributed by atoms with Crippen LogP contribution in [0.15, 0.2) is 30.3 Å². The van der Waals surface area contributed by atoms with E-state index in [1.807, 2.05) is 30.3 Å². The van der Waals surface area contributed by atoms with Crippen molar-refractivity contribution in [1.29, 1.82) is 0 Å². The third kappa shape index (κ3) is 2.62. The number of carbonyl (C=O) groups excluding carboxylic acids is 1. The maximum Gasteiger partial charge on any atom is 0.256 e. The van der Waals surface area contributed by atoms with Gasteiger partial charge in [-0.15, -0.1) is 10.2 Å². The molecule has 2 aromatic rings. The molecular formula is C16H20N4O2. The van der Waals surface area contributed by atoms with Crippen molar-refractivity contribution in [2.75, 3.05) is 13.7 Å². The van der Waals surface area contributed by atoms with Crippen LogP contribution in [0.1, 0.15) is 30.2 Å². The lowest BCUT2D eigenvalue weighted by molar-refractivity contribution is -0.144. The van der Waals surface area contributed by atoms with Crippen molar-refractivity contribution in [2.45, 2.75) is 32.5 Å². The van der Waals surface area contributed by atoms with E-state index in [4.69, 9.17) is 4.74 Å². The Bertz CT molecular complexity index is 653. The molecule has 3 rings (SSSR count). The molecule has 0 N–H and O–H groups in total. The van der Waals surface area contributed by atoms with Crippen molar-refractivity contribution in [3.05, 3.63) is 47.5 Å². The molecule has 2 heterocycles. The number of hydrogen-bond donors (Lipinski definition) is 0. The topological polar surface area (TPSA) is 60.2 Å². The largest absolute Gasteiger partial charge is 0.367 e. The number of fused-ring (bicyclic) bond motifs is 1. The van der Waals surface area contributed by atoms with Crippen LogP contribution < -0.4 is 0 Å². The zero-order chi connectivity index (χ0) is 15.5. The number of hydrogen-bond acceptors (Lipinski definition) is 4. The molecule has 116 valence electrons. The van der Waals surface area contributed by atoms with Crippen LogP contribution in [0.4, 0.5) is 0 Å². The van der Waals surface area contributed by atoms with Gasteiger partial charge in [0.2, 0.25) is 0 Å². The maximum absolute atomic E-state index is 12.8. The number of aromatic nitrogens is 3. The second kappa shape index (κ2) is 6.27. The van der Waals surface area contributed by atoms with Crippen LogP contribution >= 0.6 is 0 Å². The fourth-order valence-electron chi connectivity index (χ4n) is 2.84. The molecular weight excluding hydrogens is 280 g/mol. The van der Waals surface area contributed by atoms with Crippen LogP contribution in [-0.4, -0.2) is 39.2 Å². The number of aryl methyl sites for hydroxylation is 1. The van der Waals surface area contributed by atoms with Crippen molar-refractivity contribution < 1.29 is 9.53 Å². The van der Waals surface area contributed by atoms with Gasteiger partial charge in [-0.3, -0.25) is 4.79 Å². The molecule has 0 aliphatic carbocycles. The summed E-state index contributed by atoms with van der Waals surface area (Å²) >= 11 is 0. The summed E-state index contributed by atoms with van der Waals surface area (Å²) in [6.07, 6.45) is 0.285.